The van der Waals surface area contributed by atoms with Gasteiger partial charge in [-0.1, -0.05) is 12.1 Å². The Morgan fingerprint density at radius 1 is 1.12 bits per heavy atom. The molecule has 3 aliphatic rings. The number of fused-ring (bicyclic) bond motifs is 4. The molecule has 0 saturated carbocycles. The lowest BCUT2D eigenvalue weighted by atomic mass is 9.68. The fourth-order valence-corrected chi connectivity index (χ4v) is 4.51. The number of halogens is 1. The molecule has 1 spiro atoms. The molecule has 0 bridgehead atoms. The average Bonchev–Trinajstić information content (AvgIpc) is 3.06. The second-order valence-electron chi connectivity index (χ2n) is 6.76. The van der Waals surface area contributed by atoms with Crippen LogP contribution in [0.4, 0.5) is 14.9 Å². The minimum absolute atomic E-state index is 0.126. The molecular weight excluding hydrogens is 313 g/mol. The molecule has 3 aliphatic heterocycles. The van der Waals surface area contributed by atoms with E-state index in [1.165, 1.54) is 20.2 Å². The van der Waals surface area contributed by atoms with Gasteiger partial charge in [0, 0.05) is 20.6 Å². The van der Waals surface area contributed by atoms with E-state index >= 15 is 0 Å². The van der Waals surface area contributed by atoms with Crippen molar-refractivity contribution >= 4 is 23.5 Å². The summed E-state index contributed by atoms with van der Waals surface area (Å²) in [5, 5.41) is 0. The third kappa shape index (κ3) is 1.62. The molecule has 2 fully saturated rings. The summed E-state index contributed by atoms with van der Waals surface area (Å²) in [7, 11) is 2.80. The zero-order chi connectivity index (χ0) is 17.2. The van der Waals surface area contributed by atoms with Gasteiger partial charge in [-0.2, -0.15) is 0 Å². The van der Waals surface area contributed by atoms with Crippen LogP contribution in [0.1, 0.15) is 18.4 Å². The summed E-state index contributed by atoms with van der Waals surface area (Å²) >= 11 is 0. The largest absolute Gasteiger partial charge is 0.364 e. The van der Waals surface area contributed by atoms with Gasteiger partial charge in [0.2, 0.25) is 11.8 Å². The molecule has 2 saturated heterocycles. The van der Waals surface area contributed by atoms with E-state index in [1.807, 2.05) is 4.90 Å². The van der Waals surface area contributed by atoms with E-state index in [2.05, 4.69) is 0 Å². The van der Waals surface area contributed by atoms with Gasteiger partial charge < -0.3 is 4.90 Å². The summed E-state index contributed by atoms with van der Waals surface area (Å²) in [5.74, 6) is -1.30. The smallest absolute Gasteiger partial charge is 0.332 e. The summed E-state index contributed by atoms with van der Waals surface area (Å²) in [6, 6.07) is 3.71. The molecule has 0 radical (unpaired) electrons. The lowest BCUT2D eigenvalue weighted by molar-refractivity contribution is -0.159. The highest BCUT2D eigenvalue weighted by Crippen LogP contribution is 2.49. The van der Waals surface area contributed by atoms with Crippen molar-refractivity contribution in [1.29, 1.82) is 0 Å². The van der Waals surface area contributed by atoms with Gasteiger partial charge >= 0.3 is 6.03 Å². The molecule has 0 aromatic heterocycles. The Hall–Kier alpha value is -2.44. The standard InChI is InChI=1S/C17H18FN3O3/c1-19-14(22)17(15(23)20(2)16(19)24)9-10-5-3-6-11(18)13(10)21-8-4-7-12(17)21/h3,5-6,12H,4,7-9H2,1-2H3/t12-/m1/s1. The van der Waals surface area contributed by atoms with Crippen molar-refractivity contribution in [2.75, 3.05) is 25.5 Å². The molecule has 4 rings (SSSR count). The van der Waals surface area contributed by atoms with Crippen LogP contribution in [0.3, 0.4) is 0 Å². The first-order valence-corrected chi connectivity index (χ1v) is 8.04. The van der Waals surface area contributed by atoms with Crippen LogP contribution < -0.4 is 4.90 Å². The minimum Gasteiger partial charge on any atom is -0.364 e. The third-order valence-corrected chi connectivity index (χ3v) is 5.59. The topological polar surface area (TPSA) is 60.9 Å². The Morgan fingerprint density at radius 3 is 2.46 bits per heavy atom. The lowest BCUT2D eigenvalue weighted by Gasteiger charge is -2.50. The van der Waals surface area contributed by atoms with Gasteiger partial charge in [0.1, 0.15) is 5.82 Å². The molecular formula is C17H18FN3O3. The predicted molar refractivity (Wildman–Crippen MR) is 83.8 cm³/mol. The van der Waals surface area contributed by atoms with Crippen LogP contribution in [0.5, 0.6) is 0 Å². The second-order valence-corrected chi connectivity index (χ2v) is 6.76. The molecule has 1 aromatic carbocycles. The van der Waals surface area contributed by atoms with Crippen molar-refractivity contribution in [2.24, 2.45) is 5.41 Å². The van der Waals surface area contributed by atoms with Crippen LogP contribution in [0.2, 0.25) is 0 Å². The third-order valence-electron chi connectivity index (χ3n) is 5.59. The van der Waals surface area contributed by atoms with Crippen molar-refractivity contribution < 1.29 is 18.8 Å². The number of para-hydroxylation sites is 1. The Labute approximate surface area is 138 Å². The second kappa shape index (κ2) is 4.78. The van der Waals surface area contributed by atoms with Gasteiger partial charge in [0.05, 0.1) is 11.7 Å². The molecule has 3 heterocycles. The van der Waals surface area contributed by atoms with E-state index in [0.717, 1.165) is 16.2 Å². The summed E-state index contributed by atoms with van der Waals surface area (Å²) in [6.45, 7) is 0.599. The van der Waals surface area contributed by atoms with E-state index in [-0.39, 0.29) is 12.2 Å². The van der Waals surface area contributed by atoms with E-state index in [1.54, 1.807) is 12.1 Å². The average molecular weight is 331 g/mol. The van der Waals surface area contributed by atoms with E-state index in [4.69, 9.17) is 0 Å². The number of benzene rings is 1. The molecule has 0 unspecified atom stereocenters. The number of hydrogen-bond donors (Lipinski definition) is 0. The molecule has 24 heavy (non-hydrogen) atoms. The highest BCUT2D eigenvalue weighted by molar-refractivity contribution is 6.20. The normalized spacial score (nSPS) is 25.4. The highest BCUT2D eigenvalue weighted by Gasteiger charge is 2.63. The molecule has 4 amide bonds. The van der Waals surface area contributed by atoms with Crippen molar-refractivity contribution in [3.8, 4) is 0 Å². The van der Waals surface area contributed by atoms with Crippen molar-refractivity contribution in [1.82, 2.24) is 9.80 Å². The molecule has 7 heteroatoms. The van der Waals surface area contributed by atoms with E-state index in [0.29, 0.717) is 24.2 Å². The summed E-state index contributed by atoms with van der Waals surface area (Å²) in [6.07, 6.45) is 1.53. The van der Waals surface area contributed by atoms with Crippen LogP contribution in [-0.4, -0.2) is 54.3 Å². The zero-order valence-corrected chi connectivity index (χ0v) is 13.6. The number of amides is 4. The fraction of sp³-hybridized carbons (Fsp3) is 0.471. The van der Waals surface area contributed by atoms with Gasteiger partial charge in [0.15, 0.2) is 5.41 Å². The number of anilines is 1. The van der Waals surface area contributed by atoms with Crippen LogP contribution in [0, 0.1) is 11.2 Å². The van der Waals surface area contributed by atoms with Gasteiger partial charge in [-0.25, -0.2) is 9.18 Å². The summed E-state index contributed by atoms with van der Waals surface area (Å²) < 4.78 is 14.4. The van der Waals surface area contributed by atoms with Crippen LogP contribution in [0.25, 0.3) is 0 Å². The number of hydrogen-bond acceptors (Lipinski definition) is 4. The first-order chi connectivity index (χ1) is 11.4. The number of barbiturate groups is 1. The maximum atomic E-state index is 14.4. The molecule has 6 nitrogen and oxygen atoms in total. The highest BCUT2D eigenvalue weighted by atomic mass is 19.1. The first-order valence-electron chi connectivity index (χ1n) is 8.04. The molecule has 1 atom stereocenters. The number of urea groups is 1. The Morgan fingerprint density at radius 2 is 1.79 bits per heavy atom. The summed E-state index contributed by atoms with van der Waals surface area (Å²) in [4.78, 5) is 42.1. The number of carbonyl (C=O) groups is 3. The molecule has 0 aliphatic carbocycles. The van der Waals surface area contributed by atoms with Crippen LogP contribution in [0.15, 0.2) is 18.2 Å². The van der Waals surface area contributed by atoms with Gasteiger partial charge in [0.25, 0.3) is 0 Å². The maximum absolute atomic E-state index is 14.4. The summed E-state index contributed by atoms with van der Waals surface area (Å²) in [5.41, 5.74) is -0.214. The minimum atomic E-state index is -1.35. The zero-order valence-electron chi connectivity index (χ0n) is 13.6. The Bertz CT molecular complexity index is 754. The van der Waals surface area contributed by atoms with E-state index < -0.39 is 29.3 Å². The number of imide groups is 2. The monoisotopic (exact) mass is 331 g/mol. The first kappa shape index (κ1) is 15.1. The van der Waals surface area contributed by atoms with E-state index in [9.17, 15) is 18.8 Å². The lowest BCUT2D eigenvalue weighted by Crippen LogP contribution is -2.70. The molecule has 0 N–H and O–H groups in total. The molecule has 1 aromatic rings. The number of rotatable bonds is 0. The van der Waals surface area contributed by atoms with Crippen molar-refractivity contribution in [2.45, 2.75) is 25.3 Å². The number of nitrogens with zero attached hydrogens (tertiary/aromatic N) is 3. The van der Waals surface area contributed by atoms with Crippen molar-refractivity contribution in [3.63, 3.8) is 0 Å². The quantitative estimate of drug-likeness (QED) is 0.674. The Kier molecular flexibility index (Phi) is 3.01. The maximum Gasteiger partial charge on any atom is 0.332 e. The SMILES string of the molecule is CN1C(=O)N(C)C(=O)C2(Cc3cccc(F)c3N3CCC[C@@H]32)C1=O. The van der Waals surface area contributed by atoms with Gasteiger partial charge in [-0.15, -0.1) is 0 Å². The number of carbonyl (C=O) groups excluding carboxylic acids is 3. The fourth-order valence-electron chi connectivity index (χ4n) is 4.51. The van der Waals surface area contributed by atoms with Gasteiger partial charge in [-0.05, 0) is 30.9 Å². The molecule has 126 valence electrons. The predicted octanol–water partition coefficient (Wildman–Crippen LogP) is 1.39. The van der Waals surface area contributed by atoms with Crippen LogP contribution >= 0.6 is 0 Å². The van der Waals surface area contributed by atoms with Crippen LogP contribution in [-0.2, 0) is 16.0 Å². The van der Waals surface area contributed by atoms with Crippen molar-refractivity contribution in [3.05, 3.63) is 29.6 Å². The Balaban J connectivity index is 1.93. The van der Waals surface area contributed by atoms with Gasteiger partial charge in [-0.3, -0.25) is 19.4 Å².